The zero-order chi connectivity index (χ0) is 5.56. The number of hydrogen-bond acceptors (Lipinski definition) is 0. The molecule has 0 heterocycles. The van der Waals surface area contributed by atoms with Crippen molar-refractivity contribution >= 4 is 0 Å². The van der Waals surface area contributed by atoms with Crippen LogP contribution in [0.25, 0.3) is 0 Å². The maximum absolute atomic E-state index is 2.34. The highest BCUT2D eigenvalue weighted by atomic mass is 14.5. The van der Waals surface area contributed by atoms with E-state index in [0.29, 0.717) is 0 Å². The lowest BCUT2D eigenvalue weighted by molar-refractivity contribution is 0.465. The third kappa shape index (κ3) is 0.519. The Morgan fingerprint density at radius 3 is 2.50 bits per heavy atom. The molecule has 0 aromatic heterocycles. The predicted octanol–water partition coefficient (Wildman–Crippen LogP) is 2.44. The molecular formula is C8H14. The maximum atomic E-state index is 2.34. The van der Waals surface area contributed by atoms with Crippen LogP contribution in [0.3, 0.4) is 0 Å². The van der Waals surface area contributed by atoms with Crippen LogP contribution in [0.1, 0.15) is 32.6 Å². The molecule has 3 atom stereocenters. The highest BCUT2D eigenvalue weighted by Gasteiger charge is 2.46. The fourth-order valence-corrected chi connectivity index (χ4v) is 2.33. The van der Waals surface area contributed by atoms with Gasteiger partial charge in [-0.3, -0.25) is 0 Å². The number of rotatable bonds is 1. The fourth-order valence-electron chi connectivity index (χ4n) is 2.33. The number of fused-ring (bicyclic) bond motifs is 1. The Morgan fingerprint density at radius 2 is 2.25 bits per heavy atom. The normalized spacial score (nSPS) is 51.4. The van der Waals surface area contributed by atoms with Crippen LogP contribution >= 0.6 is 0 Å². The molecule has 2 aliphatic carbocycles. The molecule has 0 heteroatoms. The second kappa shape index (κ2) is 1.49. The standard InChI is InChI=1S/C8H14/c1-2-6-3-4-7-5-8(6)7/h6-8H,2-5H2,1H3/t6-,7?,8?/m1/s1. The van der Waals surface area contributed by atoms with Gasteiger partial charge in [-0.25, -0.2) is 0 Å². The largest absolute Gasteiger partial charge is 0.0651 e. The van der Waals surface area contributed by atoms with Gasteiger partial charge in [0.15, 0.2) is 0 Å². The third-order valence-corrected chi connectivity index (χ3v) is 3.02. The topological polar surface area (TPSA) is 0 Å². The zero-order valence-electron chi connectivity index (χ0n) is 5.56. The molecule has 2 rings (SSSR count). The Labute approximate surface area is 51.3 Å². The molecule has 0 amide bonds. The van der Waals surface area contributed by atoms with E-state index in [1.165, 1.54) is 18.3 Å². The van der Waals surface area contributed by atoms with Gasteiger partial charge in [-0.1, -0.05) is 13.3 Å². The minimum atomic E-state index is 1.14. The summed E-state index contributed by atoms with van der Waals surface area (Å²) in [5.41, 5.74) is 0. The first-order valence-electron chi connectivity index (χ1n) is 3.92. The van der Waals surface area contributed by atoms with Crippen LogP contribution < -0.4 is 0 Å². The molecule has 46 valence electrons. The van der Waals surface area contributed by atoms with Gasteiger partial charge in [0, 0.05) is 0 Å². The summed E-state index contributed by atoms with van der Waals surface area (Å²) >= 11 is 0. The van der Waals surface area contributed by atoms with Crippen molar-refractivity contribution in [3.63, 3.8) is 0 Å². The lowest BCUT2D eigenvalue weighted by Crippen LogP contribution is -1.94. The summed E-state index contributed by atoms with van der Waals surface area (Å²) in [6.07, 6.45) is 6.13. The molecule has 2 aliphatic rings. The average Bonchev–Trinajstić information content (AvgIpc) is 2.46. The van der Waals surface area contributed by atoms with Crippen molar-refractivity contribution in [2.24, 2.45) is 17.8 Å². The van der Waals surface area contributed by atoms with Gasteiger partial charge in [0.2, 0.25) is 0 Å². The van der Waals surface area contributed by atoms with Gasteiger partial charge in [-0.15, -0.1) is 0 Å². The summed E-state index contributed by atoms with van der Waals surface area (Å²) in [4.78, 5) is 0. The third-order valence-electron chi connectivity index (χ3n) is 3.02. The van der Waals surface area contributed by atoms with Crippen LogP contribution in [-0.2, 0) is 0 Å². The van der Waals surface area contributed by atoms with Crippen molar-refractivity contribution in [2.45, 2.75) is 32.6 Å². The van der Waals surface area contributed by atoms with Gasteiger partial charge in [-0.2, -0.15) is 0 Å². The maximum Gasteiger partial charge on any atom is -0.0355 e. The molecule has 0 spiro atoms. The molecule has 8 heavy (non-hydrogen) atoms. The molecule has 0 aromatic carbocycles. The number of hydrogen-bond donors (Lipinski definition) is 0. The fraction of sp³-hybridized carbons (Fsp3) is 1.00. The molecule has 0 saturated heterocycles. The average molecular weight is 110 g/mol. The summed E-state index contributed by atoms with van der Waals surface area (Å²) < 4.78 is 0. The van der Waals surface area contributed by atoms with E-state index in [-0.39, 0.29) is 0 Å². The Kier molecular flexibility index (Phi) is 0.902. The van der Waals surface area contributed by atoms with E-state index in [2.05, 4.69) is 6.92 Å². The van der Waals surface area contributed by atoms with Crippen LogP contribution in [0.15, 0.2) is 0 Å². The van der Waals surface area contributed by atoms with Gasteiger partial charge in [0.1, 0.15) is 0 Å². The Bertz CT molecular complexity index is 96.2. The van der Waals surface area contributed by atoms with Crippen LogP contribution in [0, 0.1) is 17.8 Å². The molecule has 0 aliphatic heterocycles. The molecule has 0 bridgehead atoms. The minimum absolute atomic E-state index is 1.14. The van der Waals surface area contributed by atoms with Crippen molar-refractivity contribution in [1.82, 2.24) is 0 Å². The summed E-state index contributed by atoms with van der Waals surface area (Å²) in [6, 6.07) is 0. The van der Waals surface area contributed by atoms with E-state index in [1.807, 2.05) is 0 Å². The second-order valence-corrected chi connectivity index (χ2v) is 3.41. The van der Waals surface area contributed by atoms with E-state index in [1.54, 1.807) is 19.3 Å². The molecule has 2 fully saturated rings. The quantitative estimate of drug-likeness (QED) is 0.486. The van der Waals surface area contributed by atoms with E-state index in [0.717, 1.165) is 5.92 Å². The van der Waals surface area contributed by atoms with Crippen LogP contribution in [0.2, 0.25) is 0 Å². The first kappa shape index (κ1) is 4.84. The van der Waals surface area contributed by atoms with Gasteiger partial charge in [0.05, 0.1) is 0 Å². The van der Waals surface area contributed by atoms with Crippen LogP contribution in [-0.4, -0.2) is 0 Å². The molecule has 2 saturated carbocycles. The zero-order valence-corrected chi connectivity index (χ0v) is 5.56. The lowest BCUT2D eigenvalue weighted by Gasteiger charge is -2.04. The van der Waals surface area contributed by atoms with Gasteiger partial charge >= 0.3 is 0 Å². The SMILES string of the molecule is CC[C@@H]1CCC2CC21. The molecule has 0 radical (unpaired) electrons. The Morgan fingerprint density at radius 1 is 1.38 bits per heavy atom. The highest BCUT2D eigenvalue weighted by Crippen LogP contribution is 2.56. The lowest BCUT2D eigenvalue weighted by atomic mass is 10.0. The Hall–Kier alpha value is 0. The van der Waals surface area contributed by atoms with Gasteiger partial charge in [-0.05, 0) is 37.0 Å². The van der Waals surface area contributed by atoms with E-state index in [9.17, 15) is 0 Å². The minimum Gasteiger partial charge on any atom is -0.0651 e. The van der Waals surface area contributed by atoms with Crippen molar-refractivity contribution < 1.29 is 0 Å². The first-order chi connectivity index (χ1) is 3.92. The van der Waals surface area contributed by atoms with E-state index in [4.69, 9.17) is 0 Å². The van der Waals surface area contributed by atoms with Crippen molar-refractivity contribution in [2.75, 3.05) is 0 Å². The molecular weight excluding hydrogens is 96.1 g/mol. The van der Waals surface area contributed by atoms with Crippen molar-refractivity contribution in [3.8, 4) is 0 Å². The molecule has 0 aromatic rings. The summed E-state index contributed by atoms with van der Waals surface area (Å²) in [5.74, 6) is 3.53. The molecule has 0 nitrogen and oxygen atoms in total. The smallest absolute Gasteiger partial charge is 0.0355 e. The van der Waals surface area contributed by atoms with E-state index < -0.39 is 0 Å². The molecule has 2 unspecified atom stereocenters. The van der Waals surface area contributed by atoms with E-state index >= 15 is 0 Å². The summed E-state index contributed by atoms with van der Waals surface area (Å²) in [6.45, 7) is 2.34. The van der Waals surface area contributed by atoms with Gasteiger partial charge < -0.3 is 0 Å². The van der Waals surface area contributed by atoms with Crippen molar-refractivity contribution in [1.29, 1.82) is 0 Å². The van der Waals surface area contributed by atoms with Crippen LogP contribution in [0.4, 0.5) is 0 Å². The monoisotopic (exact) mass is 110 g/mol. The molecule has 0 N–H and O–H groups in total. The van der Waals surface area contributed by atoms with Crippen molar-refractivity contribution in [3.05, 3.63) is 0 Å². The first-order valence-corrected chi connectivity index (χ1v) is 3.92. The second-order valence-electron chi connectivity index (χ2n) is 3.41. The Balaban J connectivity index is 1.97. The summed E-state index contributed by atoms with van der Waals surface area (Å²) in [5, 5.41) is 0. The van der Waals surface area contributed by atoms with Gasteiger partial charge in [0.25, 0.3) is 0 Å². The predicted molar refractivity (Wildman–Crippen MR) is 34.6 cm³/mol. The van der Waals surface area contributed by atoms with Crippen LogP contribution in [0.5, 0.6) is 0 Å². The highest BCUT2D eigenvalue weighted by molar-refractivity contribution is 4.96. The summed E-state index contributed by atoms with van der Waals surface area (Å²) in [7, 11) is 0.